The van der Waals surface area contributed by atoms with Crippen molar-refractivity contribution >= 4 is 17.5 Å². The van der Waals surface area contributed by atoms with Crippen molar-refractivity contribution in [3.05, 3.63) is 78.0 Å². The Hall–Kier alpha value is -3.75. The Kier molecular flexibility index (Phi) is 10.5. The van der Waals surface area contributed by atoms with Gasteiger partial charge in [0.25, 0.3) is 5.91 Å². The predicted molar refractivity (Wildman–Crippen MR) is 162 cm³/mol. The highest BCUT2D eigenvalue weighted by Gasteiger charge is 2.28. The molecule has 218 valence electrons. The average molecular weight is 559 g/mol. The van der Waals surface area contributed by atoms with Crippen molar-refractivity contribution in [2.75, 3.05) is 39.2 Å². The molecule has 3 atom stereocenters. The Bertz CT molecular complexity index is 1300. The normalized spacial score (nSPS) is 20.4. The minimum absolute atomic E-state index is 0.0643. The van der Waals surface area contributed by atoms with Crippen molar-refractivity contribution in [2.45, 2.75) is 52.3 Å². The summed E-state index contributed by atoms with van der Waals surface area (Å²) in [7, 11) is 3.48. The Morgan fingerprint density at radius 2 is 1.88 bits per heavy atom. The number of hydrogen-bond donors (Lipinski definition) is 1. The standard InChI is InChI=1S/C33H42N4O4/c1-6-9-32(38)35-27-15-16-30-28(18-27)33(39)36(4)21-31(40-5)23(2)19-37(24(3)22-41-30)20-25-11-13-26(14-12-25)29-10-7-8-17-34-29/h7-8,10-18,23-24,31H,6,9,19-22H2,1-5H3,(H,35,38)/t23-,24+,31+/m1/s1. The van der Waals surface area contributed by atoms with Crippen LogP contribution in [0.25, 0.3) is 11.3 Å². The van der Waals surface area contributed by atoms with Crippen LogP contribution in [-0.2, 0) is 16.1 Å². The Morgan fingerprint density at radius 1 is 1.10 bits per heavy atom. The molecule has 41 heavy (non-hydrogen) atoms. The average Bonchev–Trinajstić information content (AvgIpc) is 2.98. The number of anilines is 1. The molecule has 0 fully saturated rings. The van der Waals surface area contributed by atoms with E-state index in [0.29, 0.717) is 36.6 Å². The quantitative estimate of drug-likeness (QED) is 0.413. The van der Waals surface area contributed by atoms with Gasteiger partial charge in [0, 0.05) is 63.7 Å². The van der Waals surface area contributed by atoms with Crippen LogP contribution in [-0.4, -0.2) is 72.6 Å². The van der Waals surface area contributed by atoms with Gasteiger partial charge in [-0.2, -0.15) is 0 Å². The fourth-order valence-corrected chi connectivity index (χ4v) is 5.15. The molecular formula is C33H42N4O4. The molecule has 0 bridgehead atoms. The van der Waals surface area contributed by atoms with E-state index in [9.17, 15) is 9.59 Å². The number of benzene rings is 2. The number of aromatic nitrogens is 1. The van der Waals surface area contributed by atoms with E-state index in [4.69, 9.17) is 9.47 Å². The van der Waals surface area contributed by atoms with Crippen LogP contribution in [0.15, 0.2) is 66.9 Å². The zero-order chi connectivity index (χ0) is 29.4. The molecule has 2 heterocycles. The fourth-order valence-electron chi connectivity index (χ4n) is 5.15. The molecule has 0 aliphatic carbocycles. The Labute approximate surface area is 243 Å². The Balaban J connectivity index is 1.58. The van der Waals surface area contributed by atoms with Crippen LogP contribution in [0, 0.1) is 5.92 Å². The van der Waals surface area contributed by atoms with Gasteiger partial charge in [-0.25, -0.2) is 0 Å². The van der Waals surface area contributed by atoms with Crippen LogP contribution in [0.3, 0.4) is 0 Å². The summed E-state index contributed by atoms with van der Waals surface area (Å²) in [6.45, 7) is 8.64. The van der Waals surface area contributed by atoms with Gasteiger partial charge in [0.15, 0.2) is 0 Å². The minimum Gasteiger partial charge on any atom is -0.491 e. The first-order chi connectivity index (χ1) is 19.8. The van der Waals surface area contributed by atoms with Gasteiger partial charge in [-0.05, 0) is 55.2 Å². The number of rotatable bonds is 7. The van der Waals surface area contributed by atoms with Gasteiger partial charge in [0.2, 0.25) is 5.91 Å². The summed E-state index contributed by atoms with van der Waals surface area (Å²) in [6.07, 6.45) is 2.83. The van der Waals surface area contributed by atoms with E-state index in [1.54, 1.807) is 37.3 Å². The largest absolute Gasteiger partial charge is 0.491 e. The molecule has 4 rings (SSSR count). The maximum Gasteiger partial charge on any atom is 0.257 e. The summed E-state index contributed by atoms with van der Waals surface area (Å²) in [5.74, 6) is 0.417. The third-order valence-corrected chi connectivity index (χ3v) is 7.63. The number of nitrogens with zero attached hydrogens (tertiary/aromatic N) is 3. The minimum atomic E-state index is -0.168. The molecule has 2 aromatic carbocycles. The van der Waals surface area contributed by atoms with E-state index >= 15 is 0 Å². The topological polar surface area (TPSA) is 84.0 Å². The van der Waals surface area contributed by atoms with Gasteiger partial charge >= 0.3 is 0 Å². The number of carbonyl (C=O) groups is 2. The SMILES string of the molecule is CCCC(=O)Nc1ccc2c(c1)C(=O)N(C)C[C@H](OC)[C@H](C)CN(Cc1ccc(-c3ccccn3)cc1)[C@@H](C)CO2. The first-order valence-corrected chi connectivity index (χ1v) is 14.4. The van der Waals surface area contributed by atoms with Gasteiger partial charge in [0.05, 0.1) is 17.4 Å². The van der Waals surface area contributed by atoms with Crippen LogP contribution in [0.2, 0.25) is 0 Å². The molecule has 0 saturated carbocycles. The van der Waals surface area contributed by atoms with Gasteiger partial charge < -0.3 is 19.7 Å². The molecule has 8 heteroatoms. The van der Waals surface area contributed by atoms with Crippen LogP contribution >= 0.6 is 0 Å². The van der Waals surface area contributed by atoms with E-state index in [1.165, 1.54) is 5.56 Å². The lowest BCUT2D eigenvalue weighted by Gasteiger charge is -2.36. The van der Waals surface area contributed by atoms with Crippen molar-refractivity contribution in [1.82, 2.24) is 14.8 Å². The molecule has 3 aromatic rings. The summed E-state index contributed by atoms with van der Waals surface area (Å²) in [4.78, 5) is 34.3. The molecule has 0 saturated heterocycles. The zero-order valence-electron chi connectivity index (χ0n) is 24.8. The van der Waals surface area contributed by atoms with E-state index in [2.05, 4.69) is 53.3 Å². The molecule has 0 spiro atoms. The molecular weight excluding hydrogens is 516 g/mol. The molecule has 1 N–H and O–H groups in total. The summed E-state index contributed by atoms with van der Waals surface area (Å²) >= 11 is 0. The third-order valence-electron chi connectivity index (χ3n) is 7.63. The number of fused-ring (bicyclic) bond motifs is 1. The van der Waals surface area contributed by atoms with Gasteiger partial charge in [-0.15, -0.1) is 0 Å². The van der Waals surface area contributed by atoms with Crippen molar-refractivity contribution < 1.29 is 19.1 Å². The summed E-state index contributed by atoms with van der Waals surface area (Å²) in [5, 5.41) is 2.90. The molecule has 2 amide bonds. The maximum absolute atomic E-state index is 13.6. The molecule has 0 unspecified atom stereocenters. The highest BCUT2D eigenvalue weighted by atomic mass is 16.5. The Morgan fingerprint density at radius 3 is 2.56 bits per heavy atom. The second-order valence-corrected chi connectivity index (χ2v) is 10.9. The second kappa shape index (κ2) is 14.2. The number of nitrogens with one attached hydrogen (secondary N) is 1. The van der Waals surface area contributed by atoms with E-state index in [-0.39, 0.29) is 29.9 Å². The van der Waals surface area contributed by atoms with Crippen LogP contribution in [0.5, 0.6) is 5.75 Å². The molecule has 8 nitrogen and oxygen atoms in total. The van der Waals surface area contributed by atoms with Crippen molar-refractivity contribution in [1.29, 1.82) is 0 Å². The fraction of sp³-hybridized carbons (Fsp3) is 0.424. The monoisotopic (exact) mass is 558 g/mol. The van der Waals surface area contributed by atoms with Gasteiger partial charge in [0.1, 0.15) is 12.4 Å². The lowest BCUT2D eigenvalue weighted by molar-refractivity contribution is -0.116. The van der Waals surface area contributed by atoms with Crippen molar-refractivity contribution in [3.63, 3.8) is 0 Å². The van der Waals surface area contributed by atoms with E-state index in [1.807, 2.05) is 31.3 Å². The van der Waals surface area contributed by atoms with Gasteiger partial charge in [-0.1, -0.05) is 44.2 Å². The number of amides is 2. The second-order valence-electron chi connectivity index (χ2n) is 10.9. The molecule has 1 aromatic heterocycles. The molecule has 1 aliphatic rings. The highest BCUT2D eigenvalue weighted by Crippen LogP contribution is 2.27. The van der Waals surface area contributed by atoms with Crippen LogP contribution < -0.4 is 10.1 Å². The summed E-state index contributed by atoms with van der Waals surface area (Å²) in [5.41, 5.74) is 4.25. The first kappa shape index (κ1) is 30.2. The van der Waals surface area contributed by atoms with Crippen molar-refractivity contribution in [3.8, 4) is 17.0 Å². The lowest BCUT2D eigenvalue weighted by atomic mass is 10.0. The number of carbonyl (C=O) groups excluding carboxylic acids is 2. The zero-order valence-corrected chi connectivity index (χ0v) is 24.8. The summed E-state index contributed by atoms with van der Waals surface area (Å²) < 4.78 is 12.2. The lowest BCUT2D eigenvalue weighted by Crippen LogP contribution is -2.46. The molecule has 1 aliphatic heterocycles. The number of likely N-dealkylation sites (N-methyl/N-ethyl adjacent to an activating group) is 1. The number of pyridine rings is 1. The third kappa shape index (κ3) is 7.93. The summed E-state index contributed by atoms with van der Waals surface area (Å²) in [6, 6.07) is 19.8. The van der Waals surface area contributed by atoms with Crippen LogP contribution in [0.1, 0.15) is 49.5 Å². The smallest absolute Gasteiger partial charge is 0.257 e. The maximum atomic E-state index is 13.6. The van der Waals surface area contributed by atoms with Gasteiger partial charge in [-0.3, -0.25) is 19.5 Å². The van der Waals surface area contributed by atoms with Crippen molar-refractivity contribution in [2.24, 2.45) is 5.92 Å². The predicted octanol–water partition coefficient (Wildman–Crippen LogP) is 5.49. The number of ether oxygens (including phenoxy) is 2. The molecule has 0 radical (unpaired) electrons. The highest BCUT2D eigenvalue weighted by molar-refractivity contribution is 5.99. The number of methoxy groups -OCH3 is 1. The number of hydrogen-bond acceptors (Lipinski definition) is 6. The van der Waals surface area contributed by atoms with E-state index in [0.717, 1.165) is 30.8 Å². The van der Waals surface area contributed by atoms with E-state index < -0.39 is 0 Å². The first-order valence-electron chi connectivity index (χ1n) is 14.4. The van der Waals surface area contributed by atoms with Crippen LogP contribution in [0.4, 0.5) is 5.69 Å².